The summed E-state index contributed by atoms with van der Waals surface area (Å²) in [6.07, 6.45) is 1.99. The van der Waals surface area contributed by atoms with Gasteiger partial charge in [0.15, 0.2) is 17.2 Å². The van der Waals surface area contributed by atoms with Crippen molar-refractivity contribution in [1.82, 2.24) is 29.9 Å². The second-order valence-corrected chi connectivity index (χ2v) is 8.37. The van der Waals surface area contributed by atoms with Gasteiger partial charge >= 0.3 is 0 Å². The molecule has 9 nitrogen and oxygen atoms in total. The number of rotatable bonds is 6. The maximum atomic E-state index is 6.21. The van der Waals surface area contributed by atoms with Crippen molar-refractivity contribution in [2.24, 2.45) is 0 Å². The van der Waals surface area contributed by atoms with Gasteiger partial charge in [-0.15, -0.1) is 0 Å². The van der Waals surface area contributed by atoms with Gasteiger partial charge in [0.2, 0.25) is 5.28 Å². The normalized spacial score (nSPS) is 14.4. The molecule has 0 spiro atoms. The molecule has 4 aromatic rings. The summed E-state index contributed by atoms with van der Waals surface area (Å²) in [7, 11) is 0. The zero-order chi connectivity index (χ0) is 22.1. The summed E-state index contributed by atoms with van der Waals surface area (Å²) in [6.45, 7) is 7.88. The number of nitrogens with one attached hydrogen (secondary N) is 2. The van der Waals surface area contributed by atoms with Crippen LogP contribution in [0.2, 0.25) is 5.28 Å². The zero-order valence-corrected chi connectivity index (χ0v) is 18.8. The lowest BCUT2D eigenvalue weighted by molar-refractivity contribution is 0.122. The first-order chi connectivity index (χ1) is 15.6. The monoisotopic (exact) mass is 452 g/mol. The van der Waals surface area contributed by atoms with E-state index in [1.807, 2.05) is 29.1 Å². The largest absolute Gasteiger partial charge is 0.378 e. The van der Waals surface area contributed by atoms with Crippen LogP contribution in [0.3, 0.4) is 0 Å². The number of aromatic amines is 1. The molecule has 1 aliphatic heterocycles. The zero-order valence-electron chi connectivity index (χ0n) is 18.0. The van der Waals surface area contributed by atoms with Gasteiger partial charge in [0, 0.05) is 31.9 Å². The van der Waals surface area contributed by atoms with Crippen LogP contribution >= 0.6 is 11.6 Å². The number of ether oxygens (including phenoxy) is 1. The number of halogens is 1. The molecule has 0 atom stereocenters. The first kappa shape index (κ1) is 20.7. The third-order valence-corrected chi connectivity index (χ3v) is 5.74. The molecule has 10 heteroatoms. The van der Waals surface area contributed by atoms with E-state index in [0.717, 1.165) is 54.6 Å². The van der Waals surface area contributed by atoms with Crippen molar-refractivity contribution in [1.29, 1.82) is 0 Å². The molecule has 5 rings (SSSR count). The Hall–Kier alpha value is -3.17. The van der Waals surface area contributed by atoms with Gasteiger partial charge in [-0.05, 0) is 29.1 Å². The highest BCUT2D eigenvalue weighted by Gasteiger charge is 2.17. The Kier molecular flexibility index (Phi) is 5.67. The van der Waals surface area contributed by atoms with Gasteiger partial charge in [-0.3, -0.25) is 5.10 Å². The molecule has 0 amide bonds. The van der Waals surface area contributed by atoms with E-state index in [2.05, 4.69) is 56.4 Å². The highest BCUT2D eigenvalue weighted by atomic mass is 35.5. The standard InChI is InChI=1S/C22H25ClN8O/c1-14(2)18-19-20(28-27-18)21(26-22(23)25-19)24-13-15-5-3-4-6-16(15)31-8-7-17(29-31)30-9-11-32-12-10-30/h3-8,14H,9-13H2,1-2H3,(H,27,28)(H,24,25,26). The maximum absolute atomic E-state index is 6.21. The lowest BCUT2D eigenvalue weighted by Crippen LogP contribution is -2.36. The number of nitrogens with zero attached hydrogens (tertiary/aromatic N) is 6. The molecule has 2 N–H and O–H groups in total. The van der Waals surface area contributed by atoms with Crippen LogP contribution in [-0.2, 0) is 11.3 Å². The molecule has 32 heavy (non-hydrogen) atoms. The fourth-order valence-corrected chi connectivity index (χ4v) is 4.06. The van der Waals surface area contributed by atoms with Crippen molar-refractivity contribution in [2.45, 2.75) is 26.3 Å². The van der Waals surface area contributed by atoms with Crippen LogP contribution in [0.1, 0.15) is 31.0 Å². The smallest absolute Gasteiger partial charge is 0.225 e. The Bertz CT molecular complexity index is 1230. The van der Waals surface area contributed by atoms with E-state index in [1.165, 1.54) is 0 Å². The van der Waals surface area contributed by atoms with Crippen molar-refractivity contribution in [3.63, 3.8) is 0 Å². The van der Waals surface area contributed by atoms with Crippen LogP contribution in [0.4, 0.5) is 11.6 Å². The fourth-order valence-electron chi connectivity index (χ4n) is 3.89. The number of hydrogen-bond acceptors (Lipinski definition) is 7. The summed E-state index contributed by atoms with van der Waals surface area (Å²) >= 11 is 6.21. The average Bonchev–Trinajstić information content (AvgIpc) is 3.46. The Balaban J connectivity index is 1.41. The van der Waals surface area contributed by atoms with E-state index in [1.54, 1.807) is 0 Å². The molecule has 166 valence electrons. The second kappa shape index (κ2) is 8.76. The number of benzene rings is 1. The third-order valence-electron chi connectivity index (χ3n) is 5.57. The minimum absolute atomic E-state index is 0.193. The Labute approximate surface area is 190 Å². The SMILES string of the molecule is CC(C)c1[nH]nc2c(NCc3ccccc3-n3ccc(N4CCOCC4)n3)nc(Cl)nc12. The molecule has 3 aromatic heterocycles. The van der Waals surface area contributed by atoms with Crippen LogP contribution < -0.4 is 10.2 Å². The quantitative estimate of drug-likeness (QED) is 0.430. The summed E-state index contributed by atoms with van der Waals surface area (Å²) in [4.78, 5) is 11.0. The molecular formula is C22H25ClN8O. The average molecular weight is 453 g/mol. The van der Waals surface area contributed by atoms with Crippen LogP contribution in [-0.4, -0.2) is 56.2 Å². The van der Waals surface area contributed by atoms with Crippen LogP contribution in [0.5, 0.6) is 0 Å². The lowest BCUT2D eigenvalue weighted by atomic mass is 10.1. The number of para-hydroxylation sites is 1. The number of anilines is 2. The molecule has 0 unspecified atom stereocenters. The molecule has 0 bridgehead atoms. The second-order valence-electron chi connectivity index (χ2n) is 8.03. The van der Waals surface area contributed by atoms with E-state index in [-0.39, 0.29) is 11.2 Å². The van der Waals surface area contributed by atoms with Gasteiger partial charge < -0.3 is 15.0 Å². The molecule has 1 saturated heterocycles. The number of H-pyrrole nitrogens is 1. The number of morpholine rings is 1. The van der Waals surface area contributed by atoms with E-state index in [9.17, 15) is 0 Å². The number of fused-ring (bicyclic) bond motifs is 1. The molecule has 0 radical (unpaired) electrons. The predicted octanol–water partition coefficient (Wildman–Crippen LogP) is 3.76. The number of hydrogen-bond donors (Lipinski definition) is 2. The van der Waals surface area contributed by atoms with E-state index >= 15 is 0 Å². The van der Waals surface area contributed by atoms with Gasteiger partial charge in [-0.1, -0.05) is 32.0 Å². The summed E-state index contributed by atoms with van der Waals surface area (Å²) in [5, 5.41) is 15.9. The Morgan fingerprint density at radius 3 is 2.75 bits per heavy atom. The summed E-state index contributed by atoms with van der Waals surface area (Å²) < 4.78 is 7.36. The van der Waals surface area contributed by atoms with E-state index in [0.29, 0.717) is 17.9 Å². The highest BCUT2D eigenvalue weighted by molar-refractivity contribution is 6.28. The molecular weight excluding hydrogens is 428 g/mol. The van der Waals surface area contributed by atoms with Crippen molar-refractivity contribution in [3.8, 4) is 5.69 Å². The van der Waals surface area contributed by atoms with Crippen LogP contribution in [0.15, 0.2) is 36.5 Å². The van der Waals surface area contributed by atoms with E-state index in [4.69, 9.17) is 21.4 Å². The van der Waals surface area contributed by atoms with Crippen molar-refractivity contribution >= 4 is 34.3 Å². The summed E-state index contributed by atoms with van der Waals surface area (Å²) in [5.74, 6) is 1.81. The molecule has 0 aliphatic carbocycles. The van der Waals surface area contributed by atoms with Gasteiger partial charge in [-0.25, -0.2) is 9.67 Å². The molecule has 1 fully saturated rings. The molecule has 1 aliphatic rings. The Morgan fingerprint density at radius 2 is 1.94 bits per heavy atom. The molecule has 4 heterocycles. The first-order valence-electron chi connectivity index (χ1n) is 10.7. The predicted molar refractivity (Wildman–Crippen MR) is 125 cm³/mol. The topological polar surface area (TPSA) is 96.8 Å². The van der Waals surface area contributed by atoms with Crippen LogP contribution in [0.25, 0.3) is 16.7 Å². The third kappa shape index (κ3) is 4.01. The fraction of sp³-hybridized carbons (Fsp3) is 0.364. The van der Waals surface area contributed by atoms with Gasteiger partial charge in [0.25, 0.3) is 0 Å². The lowest BCUT2D eigenvalue weighted by Gasteiger charge is -2.26. The van der Waals surface area contributed by atoms with Gasteiger partial charge in [0.05, 0.1) is 24.6 Å². The van der Waals surface area contributed by atoms with Crippen LogP contribution in [0, 0.1) is 0 Å². The summed E-state index contributed by atoms with van der Waals surface area (Å²) in [6, 6.07) is 10.2. The van der Waals surface area contributed by atoms with Gasteiger partial charge in [0.1, 0.15) is 5.52 Å². The van der Waals surface area contributed by atoms with Gasteiger partial charge in [-0.2, -0.15) is 15.2 Å². The minimum atomic E-state index is 0.193. The van der Waals surface area contributed by atoms with Crippen molar-refractivity contribution < 1.29 is 4.74 Å². The maximum Gasteiger partial charge on any atom is 0.225 e. The number of aromatic nitrogens is 6. The van der Waals surface area contributed by atoms with Crippen molar-refractivity contribution in [3.05, 3.63) is 53.1 Å². The highest BCUT2D eigenvalue weighted by Crippen LogP contribution is 2.27. The minimum Gasteiger partial charge on any atom is -0.378 e. The van der Waals surface area contributed by atoms with E-state index < -0.39 is 0 Å². The summed E-state index contributed by atoms with van der Waals surface area (Å²) in [5.41, 5.74) is 4.45. The van der Waals surface area contributed by atoms with Crippen molar-refractivity contribution in [2.75, 3.05) is 36.5 Å². The Morgan fingerprint density at radius 1 is 1.12 bits per heavy atom. The first-order valence-corrected chi connectivity index (χ1v) is 11.1. The molecule has 1 aromatic carbocycles. The molecule has 0 saturated carbocycles.